The van der Waals surface area contributed by atoms with Crippen LogP contribution >= 0.6 is 11.3 Å². The number of nitrogens with one attached hydrogen (secondary N) is 1. The van der Waals surface area contributed by atoms with E-state index >= 15 is 0 Å². The first-order valence-corrected chi connectivity index (χ1v) is 8.17. The lowest BCUT2D eigenvalue weighted by Gasteiger charge is -2.07. The molecule has 0 aromatic carbocycles. The van der Waals surface area contributed by atoms with Crippen LogP contribution in [0.25, 0.3) is 0 Å². The van der Waals surface area contributed by atoms with Gasteiger partial charge in [-0.15, -0.1) is 11.3 Å². The molecule has 0 saturated carbocycles. The Labute approximate surface area is 112 Å². The Morgan fingerprint density at radius 3 is 2.78 bits per heavy atom. The van der Waals surface area contributed by atoms with Crippen molar-refractivity contribution in [2.24, 2.45) is 11.7 Å². The van der Waals surface area contributed by atoms with Gasteiger partial charge in [-0.1, -0.05) is 13.8 Å². The highest BCUT2D eigenvalue weighted by atomic mass is 32.2. The summed E-state index contributed by atoms with van der Waals surface area (Å²) in [5.41, 5.74) is 6.28. The molecule has 0 aliphatic heterocycles. The molecule has 1 heterocycles. The lowest BCUT2D eigenvalue weighted by molar-refractivity contribution is 0.114. The van der Waals surface area contributed by atoms with E-state index in [9.17, 15) is 8.42 Å². The van der Waals surface area contributed by atoms with E-state index in [1.54, 1.807) is 11.4 Å². The molecule has 5 nitrogen and oxygen atoms in total. The van der Waals surface area contributed by atoms with E-state index in [1.165, 1.54) is 11.3 Å². The lowest BCUT2D eigenvalue weighted by Crippen LogP contribution is -2.27. The van der Waals surface area contributed by atoms with Crippen molar-refractivity contribution in [3.8, 4) is 0 Å². The Kier molecular flexibility index (Phi) is 6.24. The zero-order valence-corrected chi connectivity index (χ0v) is 12.3. The molecule has 0 aliphatic carbocycles. The van der Waals surface area contributed by atoms with Crippen LogP contribution in [0.5, 0.6) is 0 Å². The largest absolute Gasteiger partial charge is 0.380 e. The second-order valence-corrected chi connectivity index (χ2v) is 7.25. The average molecular weight is 292 g/mol. The Bertz CT molecular complexity index is 455. The fourth-order valence-corrected chi connectivity index (χ4v) is 3.52. The highest BCUT2D eigenvalue weighted by Gasteiger charge is 2.15. The molecule has 1 aromatic rings. The van der Waals surface area contributed by atoms with Gasteiger partial charge in [-0.25, -0.2) is 13.1 Å². The monoisotopic (exact) mass is 292 g/mol. The molecule has 0 spiro atoms. The van der Waals surface area contributed by atoms with E-state index in [0.717, 1.165) is 5.56 Å². The van der Waals surface area contributed by atoms with Crippen molar-refractivity contribution in [1.29, 1.82) is 0 Å². The second kappa shape index (κ2) is 7.20. The van der Waals surface area contributed by atoms with Gasteiger partial charge >= 0.3 is 0 Å². The van der Waals surface area contributed by atoms with Crippen LogP contribution in [0.15, 0.2) is 15.7 Å². The molecule has 0 amide bonds. The number of hydrogen-bond acceptors (Lipinski definition) is 5. The first-order valence-electron chi connectivity index (χ1n) is 5.80. The number of hydrogen-bond donors (Lipinski definition) is 2. The molecule has 104 valence electrons. The first kappa shape index (κ1) is 15.6. The third-order valence-corrected chi connectivity index (χ3v) is 5.07. The Hall–Kier alpha value is -0.470. The summed E-state index contributed by atoms with van der Waals surface area (Å²) >= 11 is 1.18. The van der Waals surface area contributed by atoms with Crippen molar-refractivity contribution in [1.82, 2.24) is 4.72 Å². The van der Waals surface area contributed by atoms with E-state index in [-0.39, 0.29) is 6.54 Å². The molecular formula is C11H20N2O3S2. The third kappa shape index (κ3) is 5.03. The fraction of sp³-hybridized carbons (Fsp3) is 0.636. The van der Waals surface area contributed by atoms with Crippen molar-refractivity contribution in [2.75, 3.05) is 19.8 Å². The number of rotatable bonds is 8. The maximum Gasteiger partial charge on any atom is 0.250 e. The minimum absolute atomic E-state index is 0.283. The molecule has 0 unspecified atom stereocenters. The summed E-state index contributed by atoms with van der Waals surface area (Å²) in [6.45, 7) is 5.74. The van der Waals surface area contributed by atoms with Crippen LogP contribution < -0.4 is 10.5 Å². The standard InChI is InChI=1S/C11H20N2O3S2/c1-9(2)7-16-4-3-13-18(14,15)11-5-10(6-12)8-17-11/h5,8-9,13H,3-4,6-7,12H2,1-2H3. The van der Waals surface area contributed by atoms with Crippen LogP contribution in [0, 0.1) is 5.92 Å². The quantitative estimate of drug-likeness (QED) is 0.704. The van der Waals surface area contributed by atoms with E-state index in [1.807, 2.05) is 13.8 Å². The van der Waals surface area contributed by atoms with Crippen LogP contribution in [0.1, 0.15) is 19.4 Å². The van der Waals surface area contributed by atoms with Crippen molar-refractivity contribution in [3.63, 3.8) is 0 Å². The summed E-state index contributed by atoms with van der Waals surface area (Å²) in [7, 11) is -3.42. The molecule has 7 heteroatoms. The smallest absolute Gasteiger partial charge is 0.250 e. The Morgan fingerprint density at radius 1 is 1.50 bits per heavy atom. The van der Waals surface area contributed by atoms with Gasteiger partial charge in [0, 0.05) is 19.7 Å². The molecule has 0 aliphatic rings. The van der Waals surface area contributed by atoms with E-state index < -0.39 is 10.0 Å². The van der Waals surface area contributed by atoms with Gasteiger partial charge in [0.25, 0.3) is 0 Å². The Balaban J connectivity index is 2.40. The van der Waals surface area contributed by atoms with E-state index in [2.05, 4.69) is 4.72 Å². The minimum Gasteiger partial charge on any atom is -0.380 e. The van der Waals surface area contributed by atoms with Gasteiger partial charge < -0.3 is 10.5 Å². The van der Waals surface area contributed by atoms with Crippen molar-refractivity contribution < 1.29 is 13.2 Å². The number of ether oxygens (including phenoxy) is 1. The molecule has 0 atom stereocenters. The SMILES string of the molecule is CC(C)COCCNS(=O)(=O)c1cc(CN)cs1. The summed E-state index contributed by atoms with van der Waals surface area (Å²) in [6.07, 6.45) is 0. The predicted octanol–water partition coefficient (Wildman–Crippen LogP) is 1.16. The van der Waals surface area contributed by atoms with Crippen LogP contribution in [0.4, 0.5) is 0 Å². The molecule has 0 bridgehead atoms. The lowest BCUT2D eigenvalue weighted by atomic mass is 10.2. The molecule has 18 heavy (non-hydrogen) atoms. The van der Waals surface area contributed by atoms with Gasteiger partial charge in [-0.3, -0.25) is 0 Å². The summed E-state index contributed by atoms with van der Waals surface area (Å²) in [5.74, 6) is 0.450. The normalized spacial score (nSPS) is 12.2. The van der Waals surface area contributed by atoms with Crippen LogP contribution in [-0.4, -0.2) is 28.2 Å². The zero-order chi connectivity index (χ0) is 13.6. The fourth-order valence-electron chi connectivity index (χ4n) is 1.24. The summed E-state index contributed by atoms with van der Waals surface area (Å²) in [5, 5.41) is 1.75. The summed E-state index contributed by atoms with van der Waals surface area (Å²) < 4.78 is 31.8. The summed E-state index contributed by atoms with van der Waals surface area (Å²) in [4.78, 5) is 0. The van der Waals surface area contributed by atoms with Gasteiger partial charge in [0.2, 0.25) is 10.0 Å². The molecule has 1 aromatic heterocycles. The molecule has 3 N–H and O–H groups in total. The van der Waals surface area contributed by atoms with Crippen molar-refractivity contribution in [2.45, 2.75) is 24.6 Å². The minimum atomic E-state index is -3.42. The highest BCUT2D eigenvalue weighted by Crippen LogP contribution is 2.19. The van der Waals surface area contributed by atoms with Gasteiger partial charge in [0.1, 0.15) is 4.21 Å². The predicted molar refractivity (Wildman–Crippen MR) is 73.1 cm³/mol. The van der Waals surface area contributed by atoms with Gasteiger partial charge in [-0.2, -0.15) is 0 Å². The maximum atomic E-state index is 11.9. The van der Waals surface area contributed by atoms with Gasteiger partial charge in [0.05, 0.1) is 6.61 Å². The molecule has 0 radical (unpaired) electrons. The topological polar surface area (TPSA) is 81.4 Å². The van der Waals surface area contributed by atoms with Crippen molar-refractivity contribution in [3.05, 3.63) is 17.0 Å². The maximum absolute atomic E-state index is 11.9. The first-order chi connectivity index (χ1) is 8.45. The van der Waals surface area contributed by atoms with Crippen LogP contribution in [0.2, 0.25) is 0 Å². The molecular weight excluding hydrogens is 272 g/mol. The van der Waals surface area contributed by atoms with E-state index in [4.69, 9.17) is 10.5 Å². The number of thiophene rings is 1. The summed E-state index contributed by atoms with van der Waals surface area (Å²) in [6, 6.07) is 1.60. The van der Waals surface area contributed by atoms with Gasteiger partial charge in [-0.05, 0) is 22.9 Å². The molecule has 1 rings (SSSR count). The highest BCUT2D eigenvalue weighted by molar-refractivity contribution is 7.91. The molecule has 0 fully saturated rings. The average Bonchev–Trinajstić information content (AvgIpc) is 2.77. The number of sulfonamides is 1. The Morgan fingerprint density at radius 2 is 2.22 bits per heavy atom. The number of nitrogens with two attached hydrogens (primary N) is 1. The van der Waals surface area contributed by atoms with E-state index in [0.29, 0.717) is 29.9 Å². The third-order valence-electron chi connectivity index (χ3n) is 2.12. The van der Waals surface area contributed by atoms with Crippen LogP contribution in [-0.2, 0) is 21.3 Å². The second-order valence-electron chi connectivity index (χ2n) is 4.34. The van der Waals surface area contributed by atoms with Crippen LogP contribution in [0.3, 0.4) is 0 Å². The van der Waals surface area contributed by atoms with Crippen molar-refractivity contribution >= 4 is 21.4 Å². The molecule has 0 saturated heterocycles. The zero-order valence-electron chi connectivity index (χ0n) is 10.7. The van der Waals surface area contributed by atoms with Gasteiger partial charge in [0.15, 0.2) is 0 Å².